The first-order chi connectivity index (χ1) is 12.5. The summed E-state index contributed by atoms with van der Waals surface area (Å²) in [5, 5.41) is 0. The summed E-state index contributed by atoms with van der Waals surface area (Å²) in [7, 11) is 0. The van der Waals surface area contributed by atoms with E-state index in [1.807, 2.05) is 65.7 Å². The molecule has 0 N–H and O–H groups in total. The number of carbonyl (C=O) groups excluding carboxylic acids is 1. The molecule has 1 amide bonds. The highest BCUT2D eigenvalue weighted by Gasteiger charge is 2.34. The number of carbonyl (C=O) groups is 1. The van der Waals surface area contributed by atoms with Crippen LogP contribution in [0.2, 0.25) is 0 Å². The van der Waals surface area contributed by atoms with Crippen LogP contribution in [0.1, 0.15) is 34.6 Å². The SMILES string of the molecule is Cc1ccn2cc(C(=O)N3CCO[C@H](c4ccc(Br)cc4)[C@@H]3C)nc2c1. The Balaban J connectivity index is 1.60. The molecule has 0 radical (unpaired) electrons. The second kappa shape index (κ2) is 6.85. The number of nitrogens with zero attached hydrogens (tertiary/aromatic N) is 3. The number of amides is 1. The van der Waals surface area contributed by atoms with Gasteiger partial charge in [0.15, 0.2) is 0 Å². The summed E-state index contributed by atoms with van der Waals surface area (Å²) in [6.45, 7) is 5.13. The standard InChI is InChI=1S/C20H20BrN3O2/c1-13-7-8-23-12-17(22-18(23)11-13)20(25)24-9-10-26-19(14(24)2)15-3-5-16(21)6-4-15/h3-8,11-12,14,19H,9-10H2,1-2H3/t14-,19-/m0/s1. The van der Waals surface area contributed by atoms with E-state index in [1.54, 1.807) is 6.20 Å². The van der Waals surface area contributed by atoms with Crippen LogP contribution in [0.25, 0.3) is 5.65 Å². The predicted octanol–water partition coefficient (Wildman–Crippen LogP) is 4.01. The van der Waals surface area contributed by atoms with Crippen molar-refractivity contribution in [1.29, 1.82) is 0 Å². The third-order valence-corrected chi connectivity index (χ3v) is 5.38. The summed E-state index contributed by atoms with van der Waals surface area (Å²) < 4.78 is 8.88. The van der Waals surface area contributed by atoms with Crippen molar-refractivity contribution in [3.05, 3.63) is 70.1 Å². The van der Waals surface area contributed by atoms with Gasteiger partial charge in [-0.1, -0.05) is 28.1 Å². The molecule has 134 valence electrons. The summed E-state index contributed by atoms with van der Waals surface area (Å²) in [6, 6.07) is 12.0. The van der Waals surface area contributed by atoms with Gasteiger partial charge in [0.05, 0.1) is 12.6 Å². The fourth-order valence-corrected chi connectivity index (χ4v) is 3.70. The molecule has 5 nitrogen and oxygen atoms in total. The molecule has 0 saturated carbocycles. The third-order valence-electron chi connectivity index (χ3n) is 4.85. The third kappa shape index (κ3) is 3.15. The fraction of sp³-hybridized carbons (Fsp3) is 0.300. The van der Waals surface area contributed by atoms with Crippen molar-refractivity contribution in [1.82, 2.24) is 14.3 Å². The number of morpholine rings is 1. The van der Waals surface area contributed by atoms with Crippen molar-refractivity contribution in [2.24, 2.45) is 0 Å². The molecule has 26 heavy (non-hydrogen) atoms. The van der Waals surface area contributed by atoms with E-state index in [1.165, 1.54) is 0 Å². The van der Waals surface area contributed by atoms with Gasteiger partial charge in [0, 0.05) is 23.4 Å². The second-order valence-electron chi connectivity index (χ2n) is 6.68. The Morgan fingerprint density at radius 2 is 2.04 bits per heavy atom. The molecule has 6 heteroatoms. The van der Waals surface area contributed by atoms with Gasteiger partial charge >= 0.3 is 0 Å². The first-order valence-corrected chi connectivity index (χ1v) is 9.45. The van der Waals surface area contributed by atoms with Crippen molar-refractivity contribution in [3.8, 4) is 0 Å². The van der Waals surface area contributed by atoms with E-state index in [-0.39, 0.29) is 18.1 Å². The lowest BCUT2D eigenvalue weighted by Gasteiger charge is -2.39. The first kappa shape index (κ1) is 17.2. The number of fused-ring (bicyclic) bond motifs is 1. The lowest BCUT2D eigenvalue weighted by atomic mass is 10.0. The molecule has 3 aromatic rings. The number of ether oxygens (including phenoxy) is 1. The molecule has 1 fully saturated rings. The Morgan fingerprint density at radius 3 is 2.81 bits per heavy atom. The molecule has 1 aliphatic rings. The van der Waals surface area contributed by atoms with E-state index in [0.717, 1.165) is 21.2 Å². The number of pyridine rings is 1. The Bertz CT molecular complexity index is 951. The van der Waals surface area contributed by atoms with Crippen molar-refractivity contribution >= 4 is 27.5 Å². The topological polar surface area (TPSA) is 46.8 Å². The minimum atomic E-state index is -0.139. The van der Waals surface area contributed by atoms with Crippen LogP contribution in [0.3, 0.4) is 0 Å². The van der Waals surface area contributed by atoms with Crippen LogP contribution in [0.5, 0.6) is 0 Å². The summed E-state index contributed by atoms with van der Waals surface area (Å²) >= 11 is 3.46. The van der Waals surface area contributed by atoms with E-state index < -0.39 is 0 Å². The van der Waals surface area contributed by atoms with Gasteiger partial charge in [0.1, 0.15) is 17.4 Å². The summed E-state index contributed by atoms with van der Waals surface area (Å²) in [4.78, 5) is 19.5. The van der Waals surface area contributed by atoms with Crippen LogP contribution in [-0.2, 0) is 4.74 Å². The Morgan fingerprint density at radius 1 is 1.27 bits per heavy atom. The molecule has 4 rings (SSSR count). The van der Waals surface area contributed by atoms with Crippen LogP contribution in [0, 0.1) is 6.92 Å². The van der Waals surface area contributed by atoms with Crippen LogP contribution in [0.4, 0.5) is 0 Å². The van der Waals surface area contributed by atoms with E-state index in [2.05, 4.69) is 20.9 Å². The van der Waals surface area contributed by atoms with Crippen LogP contribution < -0.4 is 0 Å². The fourth-order valence-electron chi connectivity index (χ4n) is 3.43. The zero-order chi connectivity index (χ0) is 18.3. The second-order valence-corrected chi connectivity index (χ2v) is 7.59. The maximum Gasteiger partial charge on any atom is 0.274 e. The maximum absolute atomic E-state index is 13.1. The Kier molecular flexibility index (Phi) is 4.54. The number of aryl methyl sites for hydroxylation is 1. The molecular weight excluding hydrogens is 394 g/mol. The van der Waals surface area contributed by atoms with Crippen molar-refractivity contribution in [2.45, 2.75) is 26.0 Å². The molecule has 1 aliphatic heterocycles. The number of rotatable bonds is 2. The average molecular weight is 414 g/mol. The molecule has 0 aliphatic carbocycles. The van der Waals surface area contributed by atoms with Gasteiger partial charge in [-0.2, -0.15) is 0 Å². The summed E-state index contributed by atoms with van der Waals surface area (Å²) in [6.07, 6.45) is 3.59. The molecule has 3 heterocycles. The molecule has 1 aromatic carbocycles. The first-order valence-electron chi connectivity index (χ1n) is 8.66. The number of hydrogen-bond acceptors (Lipinski definition) is 3. The number of benzene rings is 1. The van der Waals surface area contributed by atoms with Crippen molar-refractivity contribution in [2.75, 3.05) is 13.2 Å². The van der Waals surface area contributed by atoms with Crippen molar-refractivity contribution < 1.29 is 9.53 Å². The van der Waals surface area contributed by atoms with Crippen molar-refractivity contribution in [3.63, 3.8) is 0 Å². The van der Waals surface area contributed by atoms with Gasteiger partial charge in [-0.15, -0.1) is 0 Å². The van der Waals surface area contributed by atoms with Gasteiger partial charge in [0.25, 0.3) is 5.91 Å². The minimum absolute atomic E-state index is 0.0516. The average Bonchev–Trinajstić information content (AvgIpc) is 3.05. The van der Waals surface area contributed by atoms with E-state index >= 15 is 0 Å². The van der Waals surface area contributed by atoms with Crippen LogP contribution in [0.15, 0.2) is 53.3 Å². The number of hydrogen-bond donors (Lipinski definition) is 0. The zero-order valence-corrected chi connectivity index (χ0v) is 16.3. The highest BCUT2D eigenvalue weighted by molar-refractivity contribution is 9.10. The molecule has 2 atom stereocenters. The highest BCUT2D eigenvalue weighted by atomic mass is 79.9. The smallest absolute Gasteiger partial charge is 0.274 e. The monoisotopic (exact) mass is 413 g/mol. The van der Waals surface area contributed by atoms with Crippen LogP contribution in [-0.4, -0.2) is 39.4 Å². The molecule has 2 aromatic heterocycles. The minimum Gasteiger partial charge on any atom is -0.370 e. The van der Waals surface area contributed by atoms with Gasteiger partial charge in [-0.05, 0) is 49.2 Å². The van der Waals surface area contributed by atoms with E-state index in [4.69, 9.17) is 4.74 Å². The lowest BCUT2D eigenvalue weighted by Crippen LogP contribution is -2.48. The van der Waals surface area contributed by atoms with Crippen LogP contribution >= 0.6 is 15.9 Å². The summed E-state index contributed by atoms with van der Waals surface area (Å²) in [5.74, 6) is -0.0516. The maximum atomic E-state index is 13.1. The molecule has 0 unspecified atom stereocenters. The van der Waals surface area contributed by atoms with Gasteiger partial charge < -0.3 is 14.0 Å². The number of halogens is 1. The molecule has 0 spiro atoms. The number of aromatic nitrogens is 2. The normalized spacial score (nSPS) is 20.5. The Hall–Kier alpha value is -2.18. The summed E-state index contributed by atoms with van der Waals surface area (Å²) in [5.41, 5.74) is 3.46. The van der Waals surface area contributed by atoms with Gasteiger partial charge in [0.2, 0.25) is 0 Å². The van der Waals surface area contributed by atoms with Gasteiger partial charge in [-0.25, -0.2) is 4.98 Å². The zero-order valence-electron chi connectivity index (χ0n) is 14.7. The largest absolute Gasteiger partial charge is 0.370 e. The molecule has 0 bridgehead atoms. The quantitative estimate of drug-likeness (QED) is 0.637. The molecular formula is C20H20BrN3O2. The lowest BCUT2D eigenvalue weighted by molar-refractivity contribution is -0.0553. The Labute approximate surface area is 160 Å². The predicted molar refractivity (Wildman–Crippen MR) is 103 cm³/mol. The van der Waals surface area contributed by atoms with E-state index in [9.17, 15) is 4.79 Å². The molecule has 1 saturated heterocycles. The highest BCUT2D eigenvalue weighted by Crippen LogP contribution is 2.30. The van der Waals surface area contributed by atoms with Gasteiger partial charge in [-0.3, -0.25) is 4.79 Å². The van der Waals surface area contributed by atoms with E-state index in [0.29, 0.717) is 18.8 Å². The number of imidazole rings is 1.